The molecule has 0 aliphatic rings. The summed E-state index contributed by atoms with van der Waals surface area (Å²) in [5.41, 5.74) is 1.54. The van der Waals surface area contributed by atoms with E-state index in [0.29, 0.717) is 0 Å². The second-order valence-corrected chi connectivity index (χ2v) is 4.58. The summed E-state index contributed by atoms with van der Waals surface area (Å²) in [5.74, 6) is -0.313. The van der Waals surface area contributed by atoms with Crippen LogP contribution in [0, 0.1) is 5.82 Å². The zero-order valence-electron chi connectivity index (χ0n) is 10.4. The molecule has 0 saturated heterocycles. The van der Waals surface area contributed by atoms with Crippen molar-refractivity contribution in [2.45, 2.75) is 19.4 Å². The predicted molar refractivity (Wildman–Crippen MR) is 74.0 cm³/mol. The average molecular weight is 281 g/mol. The van der Waals surface area contributed by atoms with E-state index in [1.54, 1.807) is 18.2 Å². The minimum Gasteiger partial charge on any atom is -0.506 e. The molecule has 0 aliphatic heterocycles. The van der Waals surface area contributed by atoms with Crippen molar-refractivity contribution in [3.05, 3.63) is 53.1 Å². The Hall–Kier alpha value is -1.81. The van der Waals surface area contributed by atoms with E-state index in [1.807, 2.05) is 6.92 Å². The summed E-state index contributed by atoms with van der Waals surface area (Å²) in [6.45, 7) is 2.00. The quantitative estimate of drug-likeness (QED) is 0.827. The Labute approximate surface area is 116 Å². The van der Waals surface area contributed by atoms with Gasteiger partial charge < -0.3 is 10.4 Å². The van der Waals surface area contributed by atoms with Gasteiger partial charge in [0.15, 0.2) is 0 Å². The SMILES string of the molecule is CCC(Nc1ccc(O)c(Cl)c1)c1ccc(F)cn1. The third-order valence-corrected chi connectivity index (χ3v) is 3.11. The summed E-state index contributed by atoms with van der Waals surface area (Å²) >= 11 is 5.85. The number of phenols is 1. The van der Waals surface area contributed by atoms with Gasteiger partial charge in [0, 0.05) is 5.69 Å². The first-order valence-corrected chi connectivity index (χ1v) is 6.34. The Morgan fingerprint density at radius 3 is 2.74 bits per heavy atom. The summed E-state index contributed by atoms with van der Waals surface area (Å²) in [5, 5.41) is 12.9. The number of anilines is 1. The van der Waals surface area contributed by atoms with Crippen molar-refractivity contribution in [1.82, 2.24) is 4.98 Å². The van der Waals surface area contributed by atoms with Crippen LogP contribution in [-0.4, -0.2) is 10.1 Å². The number of rotatable bonds is 4. The third kappa shape index (κ3) is 3.35. The Morgan fingerprint density at radius 2 is 2.16 bits per heavy atom. The minimum absolute atomic E-state index is 0.0405. The molecule has 1 aromatic carbocycles. The maximum atomic E-state index is 12.9. The number of aromatic hydroxyl groups is 1. The molecule has 0 spiro atoms. The second-order valence-electron chi connectivity index (χ2n) is 4.17. The fourth-order valence-electron chi connectivity index (χ4n) is 1.78. The van der Waals surface area contributed by atoms with Crippen molar-refractivity contribution in [1.29, 1.82) is 0 Å². The number of nitrogens with zero attached hydrogens (tertiary/aromatic N) is 1. The Bertz CT molecular complexity index is 560. The van der Waals surface area contributed by atoms with Crippen LogP contribution in [-0.2, 0) is 0 Å². The van der Waals surface area contributed by atoms with Gasteiger partial charge in [0.2, 0.25) is 0 Å². The lowest BCUT2D eigenvalue weighted by Gasteiger charge is -2.18. The lowest BCUT2D eigenvalue weighted by atomic mass is 10.1. The number of hydrogen-bond donors (Lipinski definition) is 2. The third-order valence-electron chi connectivity index (χ3n) is 2.80. The molecule has 2 rings (SSSR count). The first-order valence-electron chi connectivity index (χ1n) is 5.96. The van der Waals surface area contributed by atoms with Crippen molar-refractivity contribution in [3.63, 3.8) is 0 Å². The summed E-state index contributed by atoms with van der Waals surface area (Å²) < 4.78 is 12.9. The van der Waals surface area contributed by atoms with Crippen molar-refractivity contribution in [2.24, 2.45) is 0 Å². The topological polar surface area (TPSA) is 45.1 Å². The highest BCUT2D eigenvalue weighted by molar-refractivity contribution is 6.32. The molecule has 2 aromatic rings. The molecule has 0 saturated carbocycles. The molecule has 0 radical (unpaired) electrons. The van der Waals surface area contributed by atoms with Gasteiger partial charge in [-0.2, -0.15) is 0 Å². The normalized spacial score (nSPS) is 12.2. The standard InChI is InChI=1S/C14H14ClFN2O/c1-2-12(13-5-3-9(16)8-17-13)18-10-4-6-14(19)11(15)7-10/h3-8,12,18-19H,2H2,1H3. The summed E-state index contributed by atoms with van der Waals surface area (Å²) in [7, 11) is 0. The van der Waals surface area contributed by atoms with E-state index in [2.05, 4.69) is 10.3 Å². The molecule has 1 aromatic heterocycles. The maximum Gasteiger partial charge on any atom is 0.141 e. The van der Waals surface area contributed by atoms with Gasteiger partial charge in [-0.1, -0.05) is 18.5 Å². The molecule has 0 fully saturated rings. The van der Waals surface area contributed by atoms with Gasteiger partial charge in [-0.05, 0) is 36.8 Å². The molecule has 1 heterocycles. The van der Waals surface area contributed by atoms with Crippen LogP contribution < -0.4 is 5.32 Å². The molecular weight excluding hydrogens is 267 g/mol. The van der Waals surface area contributed by atoms with E-state index in [1.165, 1.54) is 18.3 Å². The molecule has 0 amide bonds. The van der Waals surface area contributed by atoms with Gasteiger partial charge in [0.1, 0.15) is 11.6 Å². The van der Waals surface area contributed by atoms with Crippen LogP contribution in [0.15, 0.2) is 36.5 Å². The number of halogens is 2. The van der Waals surface area contributed by atoms with Gasteiger partial charge in [0.05, 0.1) is 23.0 Å². The fourth-order valence-corrected chi connectivity index (χ4v) is 1.96. The minimum atomic E-state index is -0.355. The predicted octanol–water partition coefficient (Wildman–Crippen LogP) is 4.14. The van der Waals surface area contributed by atoms with Crippen molar-refractivity contribution in [3.8, 4) is 5.75 Å². The van der Waals surface area contributed by atoms with E-state index < -0.39 is 0 Å². The van der Waals surface area contributed by atoms with E-state index in [9.17, 15) is 9.50 Å². The van der Waals surface area contributed by atoms with E-state index in [0.717, 1.165) is 17.8 Å². The number of nitrogens with one attached hydrogen (secondary N) is 1. The molecular formula is C14H14ClFN2O. The van der Waals surface area contributed by atoms with E-state index >= 15 is 0 Å². The zero-order valence-corrected chi connectivity index (χ0v) is 11.2. The van der Waals surface area contributed by atoms with Crippen LogP contribution in [0.25, 0.3) is 0 Å². The molecule has 0 bridgehead atoms. The van der Waals surface area contributed by atoms with Crippen molar-refractivity contribution in [2.75, 3.05) is 5.32 Å². The lowest BCUT2D eigenvalue weighted by molar-refractivity contribution is 0.475. The fraction of sp³-hybridized carbons (Fsp3) is 0.214. The Kier molecular flexibility index (Phi) is 4.22. The molecule has 1 unspecified atom stereocenters. The molecule has 1 atom stereocenters. The monoisotopic (exact) mass is 280 g/mol. The Balaban J connectivity index is 2.18. The summed E-state index contributed by atoms with van der Waals surface area (Å²) in [6, 6.07) is 7.89. The summed E-state index contributed by atoms with van der Waals surface area (Å²) in [6.07, 6.45) is 1.99. The van der Waals surface area contributed by atoms with Gasteiger partial charge in [-0.3, -0.25) is 4.98 Å². The molecule has 5 heteroatoms. The van der Waals surface area contributed by atoms with Gasteiger partial charge in [0.25, 0.3) is 0 Å². The van der Waals surface area contributed by atoms with E-state index in [4.69, 9.17) is 11.6 Å². The molecule has 100 valence electrons. The molecule has 2 N–H and O–H groups in total. The number of pyridine rings is 1. The van der Waals surface area contributed by atoms with E-state index in [-0.39, 0.29) is 22.6 Å². The number of phenolic OH excluding ortho intramolecular Hbond substituents is 1. The second kappa shape index (κ2) is 5.89. The smallest absolute Gasteiger partial charge is 0.141 e. The van der Waals surface area contributed by atoms with Crippen molar-refractivity contribution >= 4 is 17.3 Å². The van der Waals surface area contributed by atoms with Crippen LogP contribution in [0.2, 0.25) is 5.02 Å². The number of benzene rings is 1. The highest BCUT2D eigenvalue weighted by Crippen LogP contribution is 2.28. The van der Waals surface area contributed by atoms with Gasteiger partial charge in [-0.15, -0.1) is 0 Å². The summed E-state index contributed by atoms with van der Waals surface area (Å²) in [4.78, 5) is 4.07. The first-order chi connectivity index (χ1) is 9.10. The Morgan fingerprint density at radius 1 is 1.37 bits per heavy atom. The zero-order chi connectivity index (χ0) is 13.8. The molecule has 0 aliphatic carbocycles. The van der Waals surface area contributed by atoms with Crippen LogP contribution in [0.4, 0.5) is 10.1 Å². The van der Waals surface area contributed by atoms with Crippen LogP contribution in [0.5, 0.6) is 5.75 Å². The van der Waals surface area contributed by atoms with Gasteiger partial charge in [-0.25, -0.2) is 4.39 Å². The first kappa shape index (κ1) is 13.6. The van der Waals surface area contributed by atoms with Crippen LogP contribution in [0.1, 0.15) is 25.1 Å². The average Bonchev–Trinajstić information content (AvgIpc) is 2.41. The van der Waals surface area contributed by atoms with Crippen LogP contribution in [0.3, 0.4) is 0 Å². The highest BCUT2D eigenvalue weighted by atomic mass is 35.5. The highest BCUT2D eigenvalue weighted by Gasteiger charge is 2.11. The lowest BCUT2D eigenvalue weighted by Crippen LogP contribution is -2.11. The molecule has 19 heavy (non-hydrogen) atoms. The maximum absolute atomic E-state index is 12.9. The van der Waals surface area contributed by atoms with Crippen LogP contribution >= 0.6 is 11.6 Å². The number of aromatic nitrogens is 1. The largest absolute Gasteiger partial charge is 0.506 e. The van der Waals surface area contributed by atoms with Crippen molar-refractivity contribution < 1.29 is 9.50 Å². The number of hydrogen-bond acceptors (Lipinski definition) is 3. The van der Waals surface area contributed by atoms with Gasteiger partial charge >= 0.3 is 0 Å². The molecule has 3 nitrogen and oxygen atoms in total.